The van der Waals surface area contributed by atoms with E-state index in [1.807, 2.05) is 23.6 Å². The fraction of sp³-hybridized carbons (Fsp3) is 0.100. The standard InChI is InChI=1S/C10H7ClOS/c11-8-1-2-9-7(3-4-12)6-13-10(9)5-8/h1-2,4-6H,3H2. The molecule has 13 heavy (non-hydrogen) atoms. The SMILES string of the molecule is O=CCc1csc2cc(Cl)ccc12. The predicted molar refractivity (Wildman–Crippen MR) is 56.6 cm³/mol. The molecule has 1 aromatic heterocycles. The summed E-state index contributed by atoms with van der Waals surface area (Å²) in [5, 5.41) is 3.89. The van der Waals surface area contributed by atoms with Gasteiger partial charge >= 0.3 is 0 Å². The Labute approximate surface area is 84.9 Å². The van der Waals surface area contributed by atoms with Gasteiger partial charge in [0.25, 0.3) is 0 Å². The molecule has 0 N–H and O–H groups in total. The number of carbonyl (C=O) groups is 1. The van der Waals surface area contributed by atoms with Crippen LogP contribution in [0.3, 0.4) is 0 Å². The minimum absolute atomic E-state index is 0.488. The van der Waals surface area contributed by atoms with Crippen LogP contribution >= 0.6 is 22.9 Å². The minimum atomic E-state index is 0.488. The van der Waals surface area contributed by atoms with Gasteiger partial charge in [0.1, 0.15) is 6.29 Å². The van der Waals surface area contributed by atoms with E-state index in [-0.39, 0.29) is 0 Å². The smallest absolute Gasteiger partial charge is 0.124 e. The van der Waals surface area contributed by atoms with E-state index in [0.717, 1.165) is 27.0 Å². The Bertz CT molecular complexity index is 447. The molecular weight excluding hydrogens is 204 g/mol. The van der Waals surface area contributed by atoms with Crippen molar-refractivity contribution in [2.75, 3.05) is 0 Å². The van der Waals surface area contributed by atoms with Crippen molar-refractivity contribution in [2.45, 2.75) is 6.42 Å². The third kappa shape index (κ3) is 1.60. The number of carbonyl (C=O) groups excluding carboxylic acids is 1. The number of benzene rings is 1. The monoisotopic (exact) mass is 210 g/mol. The molecule has 0 spiro atoms. The maximum atomic E-state index is 10.4. The predicted octanol–water partition coefficient (Wildman–Crippen LogP) is 3.30. The molecule has 0 radical (unpaired) electrons. The second-order valence-corrected chi connectivity index (χ2v) is 4.12. The summed E-state index contributed by atoms with van der Waals surface area (Å²) in [5.41, 5.74) is 1.09. The van der Waals surface area contributed by atoms with Crippen LogP contribution < -0.4 is 0 Å². The molecule has 66 valence electrons. The molecule has 0 amide bonds. The quantitative estimate of drug-likeness (QED) is 0.696. The van der Waals surface area contributed by atoms with Gasteiger partial charge in [-0.05, 0) is 28.5 Å². The Kier molecular flexibility index (Phi) is 2.34. The molecule has 1 aromatic carbocycles. The molecule has 0 atom stereocenters. The van der Waals surface area contributed by atoms with Crippen molar-refractivity contribution in [1.82, 2.24) is 0 Å². The van der Waals surface area contributed by atoms with E-state index in [1.165, 1.54) is 0 Å². The van der Waals surface area contributed by atoms with Crippen molar-refractivity contribution in [3.05, 3.63) is 34.2 Å². The molecule has 0 fully saturated rings. The highest BCUT2D eigenvalue weighted by atomic mass is 35.5. The summed E-state index contributed by atoms with van der Waals surface area (Å²) in [6.45, 7) is 0. The molecule has 0 saturated heterocycles. The Morgan fingerprint density at radius 1 is 1.46 bits per heavy atom. The summed E-state index contributed by atoms with van der Waals surface area (Å²) in [4.78, 5) is 10.4. The zero-order valence-corrected chi connectivity index (χ0v) is 8.36. The first-order chi connectivity index (χ1) is 6.31. The number of rotatable bonds is 2. The van der Waals surface area contributed by atoms with Gasteiger partial charge in [0, 0.05) is 16.1 Å². The van der Waals surface area contributed by atoms with Crippen LogP contribution in [0.15, 0.2) is 23.6 Å². The summed E-state index contributed by atoms with van der Waals surface area (Å²) in [6, 6.07) is 5.74. The topological polar surface area (TPSA) is 17.1 Å². The summed E-state index contributed by atoms with van der Waals surface area (Å²) in [6.07, 6.45) is 1.41. The minimum Gasteiger partial charge on any atom is -0.303 e. The summed E-state index contributed by atoms with van der Waals surface area (Å²) < 4.78 is 1.14. The zero-order chi connectivity index (χ0) is 9.26. The van der Waals surface area contributed by atoms with E-state index in [9.17, 15) is 4.79 Å². The van der Waals surface area contributed by atoms with Crippen LogP contribution in [0.1, 0.15) is 5.56 Å². The summed E-state index contributed by atoms with van der Waals surface area (Å²) >= 11 is 7.47. The van der Waals surface area contributed by atoms with Gasteiger partial charge in [0.05, 0.1) is 0 Å². The number of thiophene rings is 1. The highest BCUT2D eigenvalue weighted by Crippen LogP contribution is 2.28. The van der Waals surface area contributed by atoms with Gasteiger partial charge < -0.3 is 4.79 Å². The summed E-state index contributed by atoms with van der Waals surface area (Å²) in [5.74, 6) is 0. The lowest BCUT2D eigenvalue weighted by Gasteiger charge is -1.93. The molecule has 0 bridgehead atoms. The van der Waals surface area contributed by atoms with E-state index >= 15 is 0 Å². The molecule has 0 aliphatic heterocycles. The Morgan fingerprint density at radius 2 is 2.31 bits per heavy atom. The fourth-order valence-electron chi connectivity index (χ4n) is 1.30. The Balaban J connectivity index is 2.61. The highest BCUT2D eigenvalue weighted by molar-refractivity contribution is 7.17. The third-order valence-corrected chi connectivity index (χ3v) is 3.15. The lowest BCUT2D eigenvalue weighted by Crippen LogP contribution is -1.81. The van der Waals surface area contributed by atoms with Crippen LogP contribution in [-0.4, -0.2) is 6.29 Å². The van der Waals surface area contributed by atoms with Crippen LogP contribution in [-0.2, 0) is 11.2 Å². The van der Waals surface area contributed by atoms with Crippen LogP contribution in [0.5, 0.6) is 0 Å². The number of hydrogen-bond acceptors (Lipinski definition) is 2. The average molecular weight is 211 g/mol. The van der Waals surface area contributed by atoms with Gasteiger partial charge in [-0.3, -0.25) is 0 Å². The van der Waals surface area contributed by atoms with Crippen molar-refractivity contribution in [3.8, 4) is 0 Å². The van der Waals surface area contributed by atoms with Gasteiger partial charge in [-0.15, -0.1) is 11.3 Å². The van der Waals surface area contributed by atoms with Gasteiger partial charge in [-0.2, -0.15) is 0 Å². The maximum absolute atomic E-state index is 10.4. The van der Waals surface area contributed by atoms with Crippen molar-refractivity contribution < 1.29 is 4.79 Å². The molecule has 0 aliphatic rings. The van der Waals surface area contributed by atoms with Crippen molar-refractivity contribution >= 4 is 39.3 Å². The number of fused-ring (bicyclic) bond motifs is 1. The van der Waals surface area contributed by atoms with E-state index in [4.69, 9.17) is 11.6 Å². The van der Waals surface area contributed by atoms with E-state index in [1.54, 1.807) is 11.3 Å². The largest absolute Gasteiger partial charge is 0.303 e. The molecule has 3 heteroatoms. The first-order valence-corrected chi connectivity index (χ1v) is 5.16. The number of halogens is 1. The second kappa shape index (κ2) is 3.48. The van der Waals surface area contributed by atoms with Crippen LogP contribution in [0.4, 0.5) is 0 Å². The molecule has 1 nitrogen and oxygen atoms in total. The lowest BCUT2D eigenvalue weighted by molar-refractivity contribution is -0.107. The van der Waals surface area contributed by atoms with E-state index < -0.39 is 0 Å². The first-order valence-electron chi connectivity index (χ1n) is 3.90. The van der Waals surface area contributed by atoms with Gasteiger partial charge in [-0.25, -0.2) is 0 Å². The first kappa shape index (κ1) is 8.73. The molecule has 2 aromatic rings. The highest BCUT2D eigenvalue weighted by Gasteiger charge is 2.03. The molecule has 0 unspecified atom stereocenters. The van der Waals surface area contributed by atoms with Gasteiger partial charge in [0.15, 0.2) is 0 Å². The second-order valence-electron chi connectivity index (χ2n) is 2.77. The van der Waals surface area contributed by atoms with Gasteiger partial charge in [-0.1, -0.05) is 17.7 Å². The molecular formula is C10H7ClOS. The van der Waals surface area contributed by atoms with Gasteiger partial charge in [0.2, 0.25) is 0 Å². The van der Waals surface area contributed by atoms with E-state index in [0.29, 0.717) is 6.42 Å². The molecule has 0 aliphatic carbocycles. The maximum Gasteiger partial charge on any atom is 0.124 e. The Morgan fingerprint density at radius 3 is 3.08 bits per heavy atom. The normalized spacial score (nSPS) is 10.5. The van der Waals surface area contributed by atoms with Crippen LogP contribution in [0, 0.1) is 0 Å². The van der Waals surface area contributed by atoms with Crippen molar-refractivity contribution in [1.29, 1.82) is 0 Å². The average Bonchev–Trinajstić information content (AvgIpc) is 2.49. The van der Waals surface area contributed by atoms with Crippen molar-refractivity contribution in [2.24, 2.45) is 0 Å². The van der Waals surface area contributed by atoms with Crippen molar-refractivity contribution in [3.63, 3.8) is 0 Å². The number of hydrogen-bond donors (Lipinski definition) is 0. The molecule has 0 saturated carbocycles. The van der Waals surface area contributed by atoms with E-state index in [2.05, 4.69) is 0 Å². The molecule has 2 rings (SSSR count). The van der Waals surface area contributed by atoms with Crippen LogP contribution in [0.2, 0.25) is 5.02 Å². The lowest BCUT2D eigenvalue weighted by atomic mass is 10.1. The summed E-state index contributed by atoms with van der Waals surface area (Å²) in [7, 11) is 0. The third-order valence-electron chi connectivity index (χ3n) is 1.92. The fourth-order valence-corrected chi connectivity index (χ4v) is 2.56. The zero-order valence-electron chi connectivity index (χ0n) is 6.79. The van der Waals surface area contributed by atoms with Crippen LogP contribution in [0.25, 0.3) is 10.1 Å². The Hall–Kier alpha value is -0.860. The molecule has 1 heterocycles. The number of aldehydes is 1.